The van der Waals surface area contributed by atoms with Gasteiger partial charge in [-0.3, -0.25) is 14.7 Å². The van der Waals surface area contributed by atoms with Crippen molar-refractivity contribution >= 4 is 5.91 Å². The molecule has 2 aromatic rings. The molecular weight excluding hydrogens is 338 g/mol. The van der Waals surface area contributed by atoms with Crippen LogP contribution in [0.3, 0.4) is 0 Å². The molecule has 144 valence electrons. The maximum Gasteiger partial charge on any atom is 0.251 e. The Bertz CT molecular complexity index is 767. The van der Waals surface area contributed by atoms with Crippen LogP contribution in [-0.2, 0) is 0 Å². The highest BCUT2D eigenvalue weighted by Crippen LogP contribution is 2.32. The van der Waals surface area contributed by atoms with E-state index < -0.39 is 0 Å². The molecule has 2 N–H and O–H groups in total. The van der Waals surface area contributed by atoms with E-state index in [1.807, 2.05) is 24.3 Å². The Balaban J connectivity index is 1.72. The first kappa shape index (κ1) is 19.4. The SMILES string of the molecule is CCN(C)C1(CNC(=O)c2cccc(-c3ccc(O)cn3)c2)CCCCC1. The molecule has 0 unspecified atom stereocenters. The quantitative estimate of drug-likeness (QED) is 0.814. The van der Waals surface area contributed by atoms with Crippen LogP contribution in [0.5, 0.6) is 5.75 Å². The average Bonchev–Trinajstić information content (AvgIpc) is 2.72. The molecule has 0 aliphatic heterocycles. The second-order valence-electron chi connectivity index (χ2n) is 7.46. The number of carbonyl (C=O) groups is 1. The van der Waals surface area contributed by atoms with Crippen LogP contribution in [0.4, 0.5) is 0 Å². The molecule has 5 nitrogen and oxygen atoms in total. The summed E-state index contributed by atoms with van der Waals surface area (Å²) in [5.41, 5.74) is 2.30. The minimum Gasteiger partial charge on any atom is -0.506 e. The second-order valence-corrected chi connectivity index (χ2v) is 7.46. The topological polar surface area (TPSA) is 65.5 Å². The van der Waals surface area contributed by atoms with Crippen molar-refractivity contribution in [3.63, 3.8) is 0 Å². The Hall–Kier alpha value is -2.40. The van der Waals surface area contributed by atoms with Crippen molar-refractivity contribution in [3.8, 4) is 17.0 Å². The standard InChI is InChI=1S/C22H29N3O2/c1-3-25(2)22(12-5-4-6-13-22)16-24-21(27)18-9-7-8-17(14-18)20-11-10-19(26)15-23-20/h7-11,14-15,26H,3-6,12-13,16H2,1-2H3,(H,24,27). The van der Waals surface area contributed by atoms with Crippen LogP contribution >= 0.6 is 0 Å². The molecule has 0 radical (unpaired) electrons. The summed E-state index contributed by atoms with van der Waals surface area (Å²) in [6.45, 7) is 3.84. The largest absolute Gasteiger partial charge is 0.506 e. The molecule has 1 aliphatic carbocycles. The molecule has 0 spiro atoms. The average molecular weight is 367 g/mol. The van der Waals surface area contributed by atoms with Crippen molar-refractivity contribution in [3.05, 3.63) is 48.2 Å². The fourth-order valence-electron chi connectivity index (χ4n) is 3.96. The van der Waals surface area contributed by atoms with Gasteiger partial charge >= 0.3 is 0 Å². The summed E-state index contributed by atoms with van der Waals surface area (Å²) in [6, 6.07) is 10.8. The molecule has 1 aromatic carbocycles. The zero-order valence-electron chi connectivity index (χ0n) is 16.2. The van der Waals surface area contributed by atoms with Gasteiger partial charge in [0.05, 0.1) is 11.9 Å². The van der Waals surface area contributed by atoms with E-state index in [-0.39, 0.29) is 17.2 Å². The van der Waals surface area contributed by atoms with Crippen molar-refractivity contribution in [1.29, 1.82) is 0 Å². The molecule has 0 saturated heterocycles. The van der Waals surface area contributed by atoms with E-state index in [4.69, 9.17) is 0 Å². The third-order valence-corrected chi connectivity index (χ3v) is 5.81. The van der Waals surface area contributed by atoms with E-state index in [0.717, 1.165) is 30.6 Å². The van der Waals surface area contributed by atoms with Gasteiger partial charge in [0.1, 0.15) is 5.75 Å². The number of hydrogen-bond donors (Lipinski definition) is 2. The normalized spacial score (nSPS) is 16.3. The summed E-state index contributed by atoms with van der Waals surface area (Å²) >= 11 is 0. The number of nitrogens with one attached hydrogen (secondary N) is 1. The molecule has 5 heteroatoms. The summed E-state index contributed by atoms with van der Waals surface area (Å²) < 4.78 is 0. The van der Waals surface area contributed by atoms with Gasteiger partial charge in [0, 0.05) is 23.2 Å². The Morgan fingerprint density at radius 1 is 1.22 bits per heavy atom. The third kappa shape index (κ3) is 4.48. The van der Waals surface area contributed by atoms with Crippen LogP contribution in [0.1, 0.15) is 49.4 Å². The minimum absolute atomic E-state index is 0.0509. The van der Waals surface area contributed by atoms with Gasteiger partial charge < -0.3 is 10.4 Å². The number of hydrogen-bond acceptors (Lipinski definition) is 4. The van der Waals surface area contributed by atoms with Gasteiger partial charge in [-0.25, -0.2) is 0 Å². The minimum atomic E-state index is -0.0509. The van der Waals surface area contributed by atoms with Crippen LogP contribution < -0.4 is 5.32 Å². The fourth-order valence-corrected chi connectivity index (χ4v) is 3.96. The highest BCUT2D eigenvalue weighted by Gasteiger charge is 2.35. The Morgan fingerprint density at radius 2 is 2.00 bits per heavy atom. The molecular formula is C22H29N3O2. The first-order valence-corrected chi connectivity index (χ1v) is 9.79. The first-order chi connectivity index (χ1) is 13.0. The second kappa shape index (κ2) is 8.53. The first-order valence-electron chi connectivity index (χ1n) is 9.79. The molecule has 1 aliphatic rings. The van der Waals surface area contributed by atoms with Crippen LogP contribution in [0.15, 0.2) is 42.6 Å². The summed E-state index contributed by atoms with van der Waals surface area (Å²) in [5, 5.41) is 12.6. The van der Waals surface area contributed by atoms with Crippen LogP contribution in [-0.4, -0.2) is 46.6 Å². The van der Waals surface area contributed by atoms with E-state index >= 15 is 0 Å². The van der Waals surface area contributed by atoms with E-state index in [9.17, 15) is 9.90 Å². The predicted molar refractivity (Wildman–Crippen MR) is 108 cm³/mol. The number of pyridine rings is 1. The molecule has 3 rings (SSSR count). The maximum atomic E-state index is 12.8. The van der Waals surface area contributed by atoms with E-state index in [1.54, 1.807) is 12.1 Å². The Kier molecular flexibility index (Phi) is 6.11. The third-order valence-electron chi connectivity index (χ3n) is 5.81. The molecule has 1 amide bonds. The van der Waals surface area contributed by atoms with Crippen LogP contribution in [0.2, 0.25) is 0 Å². The molecule has 1 heterocycles. The van der Waals surface area contributed by atoms with Gasteiger partial charge in [-0.15, -0.1) is 0 Å². The summed E-state index contributed by atoms with van der Waals surface area (Å²) in [4.78, 5) is 19.4. The number of benzene rings is 1. The number of likely N-dealkylation sites (N-methyl/N-ethyl adjacent to an activating group) is 1. The zero-order chi connectivity index (χ0) is 19.3. The van der Waals surface area contributed by atoms with Crippen LogP contribution in [0, 0.1) is 0 Å². The predicted octanol–water partition coefficient (Wildman–Crippen LogP) is 3.84. The highest BCUT2D eigenvalue weighted by atomic mass is 16.3. The van der Waals surface area contributed by atoms with Crippen molar-refractivity contribution in [2.24, 2.45) is 0 Å². The lowest BCUT2D eigenvalue weighted by atomic mass is 9.80. The lowest BCUT2D eigenvalue weighted by molar-refractivity contribution is 0.0699. The van der Waals surface area contributed by atoms with Gasteiger partial charge in [0.15, 0.2) is 0 Å². The van der Waals surface area contributed by atoms with Gasteiger partial charge in [0.25, 0.3) is 5.91 Å². The number of amides is 1. The molecule has 27 heavy (non-hydrogen) atoms. The summed E-state index contributed by atoms with van der Waals surface area (Å²) in [6.07, 6.45) is 7.42. The molecule has 1 aromatic heterocycles. The number of carbonyl (C=O) groups excluding carboxylic acids is 1. The zero-order valence-corrected chi connectivity index (χ0v) is 16.2. The van der Waals surface area contributed by atoms with Gasteiger partial charge in [-0.2, -0.15) is 0 Å². The molecule has 0 bridgehead atoms. The van der Waals surface area contributed by atoms with Gasteiger partial charge in [0.2, 0.25) is 0 Å². The van der Waals surface area contributed by atoms with E-state index in [0.29, 0.717) is 12.1 Å². The van der Waals surface area contributed by atoms with Crippen molar-refractivity contribution in [2.45, 2.75) is 44.6 Å². The fraction of sp³-hybridized carbons (Fsp3) is 0.455. The number of aromatic nitrogens is 1. The van der Waals surface area contributed by atoms with Gasteiger partial charge in [-0.1, -0.05) is 38.3 Å². The molecule has 1 fully saturated rings. The molecule has 1 saturated carbocycles. The van der Waals surface area contributed by atoms with Crippen molar-refractivity contribution in [1.82, 2.24) is 15.2 Å². The van der Waals surface area contributed by atoms with E-state index in [1.165, 1.54) is 25.5 Å². The van der Waals surface area contributed by atoms with E-state index in [2.05, 4.69) is 29.2 Å². The lowest BCUT2D eigenvalue weighted by Crippen LogP contribution is -2.55. The molecule has 0 atom stereocenters. The van der Waals surface area contributed by atoms with Crippen molar-refractivity contribution in [2.75, 3.05) is 20.1 Å². The van der Waals surface area contributed by atoms with Gasteiger partial charge in [-0.05, 0) is 50.7 Å². The Morgan fingerprint density at radius 3 is 2.67 bits per heavy atom. The number of nitrogens with zero attached hydrogens (tertiary/aromatic N) is 2. The lowest BCUT2D eigenvalue weighted by Gasteiger charge is -2.44. The highest BCUT2D eigenvalue weighted by molar-refractivity contribution is 5.95. The number of rotatable bonds is 6. The van der Waals surface area contributed by atoms with Crippen LogP contribution in [0.25, 0.3) is 11.3 Å². The maximum absolute atomic E-state index is 12.8. The smallest absolute Gasteiger partial charge is 0.251 e. The van der Waals surface area contributed by atoms with Crippen molar-refractivity contribution < 1.29 is 9.90 Å². The Labute approximate surface area is 161 Å². The monoisotopic (exact) mass is 367 g/mol. The summed E-state index contributed by atoms with van der Waals surface area (Å²) in [5.74, 6) is 0.0792. The number of aromatic hydroxyl groups is 1. The summed E-state index contributed by atoms with van der Waals surface area (Å²) in [7, 11) is 2.16.